The fraction of sp³-hybridized carbons (Fsp3) is 0.200. The van der Waals surface area contributed by atoms with Gasteiger partial charge in [0.2, 0.25) is 0 Å². The number of nitrogens with one attached hydrogen (secondary N) is 1. The third kappa shape index (κ3) is 4.13. The van der Waals surface area contributed by atoms with Crippen molar-refractivity contribution in [1.82, 2.24) is 5.32 Å². The van der Waals surface area contributed by atoms with Crippen LogP contribution in [-0.2, 0) is 14.3 Å². The van der Waals surface area contributed by atoms with Crippen LogP contribution in [0.3, 0.4) is 0 Å². The maximum Gasteiger partial charge on any atom is 0.331 e. The topological polar surface area (TPSA) is 98.6 Å². The maximum absolute atomic E-state index is 11.7. The van der Waals surface area contributed by atoms with Gasteiger partial charge in [-0.2, -0.15) is 5.10 Å². The first-order chi connectivity index (χ1) is 11.6. The summed E-state index contributed by atoms with van der Waals surface area (Å²) in [6.45, 7) is 0. The van der Waals surface area contributed by atoms with Crippen molar-refractivity contribution in [3.05, 3.63) is 34.7 Å². The molecule has 1 saturated heterocycles. The molecule has 0 unspecified atom stereocenters. The fourth-order valence-electron chi connectivity index (χ4n) is 1.79. The summed E-state index contributed by atoms with van der Waals surface area (Å²) in [5, 5.41) is 10.6. The molecule has 0 spiro atoms. The predicted octanol–water partition coefficient (Wildman–Crippen LogP) is 1.31. The van der Waals surface area contributed by atoms with E-state index >= 15 is 0 Å². The number of esters is 1. The number of carbonyl (C=O) groups excluding carboxylic acids is 2. The zero-order chi connectivity index (χ0) is 17.5. The summed E-state index contributed by atoms with van der Waals surface area (Å²) >= 11 is 0.991. The second kappa shape index (κ2) is 8.16. The highest BCUT2D eigenvalue weighted by atomic mass is 32.2. The molecule has 1 amide bonds. The van der Waals surface area contributed by atoms with Crippen molar-refractivity contribution in [3.8, 4) is 11.5 Å². The predicted molar refractivity (Wildman–Crippen MR) is 90.4 cm³/mol. The number of amidine groups is 1. The quantitative estimate of drug-likeness (QED) is 0.372. The monoisotopic (exact) mass is 349 g/mol. The summed E-state index contributed by atoms with van der Waals surface area (Å²) in [5.41, 5.74) is 0.617. The van der Waals surface area contributed by atoms with Gasteiger partial charge in [0.25, 0.3) is 5.91 Å². The van der Waals surface area contributed by atoms with E-state index in [9.17, 15) is 9.59 Å². The van der Waals surface area contributed by atoms with Crippen LogP contribution in [0.15, 0.2) is 39.4 Å². The van der Waals surface area contributed by atoms with Crippen molar-refractivity contribution < 1.29 is 23.8 Å². The van der Waals surface area contributed by atoms with Gasteiger partial charge < -0.3 is 14.2 Å². The molecule has 1 aromatic carbocycles. The van der Waals surface area contributed by atoms with Gasteiger partial charge in [-0.25, -0.2) is 4.79 Å². The molecular formula is C15H15N3O5S. The van der Waals surface area contributed by atoms with Gasteiger partial charge in [-0.15, -0.1) is 5.10 Å². The molecule has 0 saturated carbocycles. The van der Waals surface area contributed by atoms with Crippen LogP contribution in [0.4, 0.5) is 0 Å². The first kappa shape index (κ1) is 17.5. The molecule has 0 bridgehead atoms. The zero-order valence-corrected chi connectivity index (χ0v) is 14.0. The van der Waals surface area contributed by atoms with E-state index in [1.165, 1.54) is 27.5 Å². The second-order valence-corrected chi connectivity index (χ2v) is 5.34. The van der Waals surface area contributed by atoms with Crippen LogP contribution < -0.4 is 14.8 Å². The van der Waals surface area contributed by atoms with Crippen molar-refractivity contribution in [3.63, 3.8) is 0 Å². The normalized spacial score (nSPS) is 17.4. The van der Waals surface area contributed by atoms with Gasteiger partial charge in [-0.1, -0.05) is 6.07 Å². The third-order valence-corrected chi connectivity index (χ3v) is 3.80. The highest BCUT2D eigenvalue weighted by Gasteiger charge is 2.25. The Bertz CT molecular complexity index is 720. The number of carbonyl (C=O) groups is 2. The molecule has 0 radical (unpaired) electrons. The van der Waals surface area contributed by atoms with E-state index in [0.717, 1.165) is 17.8 Å². The summed E-state index contributed by atoms with van der Waals surface area (Å²) in [5.74, 6) is 0.103. The van der Waals surface area contributed by atoms with Crippen molar-refractivity contribution in [2.75, 3.05) is 21.3 Å². The van der Waals surface area contributed by atoms with Crippen molar-refractivity contribution in [2.24, 2.45) is 10.2 Å². The number of amides is 1. The number of nitrogens with zero attached hydrogens (tertiary/aromatic N) is 2. The molecule has 1 aromatic rings. The van der Waals surface area contributed by atoms with Crippen LogP contribution in [0.5, 0.6) is 11.5 Å². The Balaban J connectivity index is 2.18. The smallest absolute Gasteiger partial charge is 0.331 e. The van der Waals surface area contributed by atoms with E-state index in [2.05, 4.69) is 20.3 Å². The summed E-state index contributed by atoms with van der Waals surface area (Å²) in [6, 6.07) is 5.32. The largest absolute Gasteiger partial charge is 0.496 e. The Labute approximate surface area is 142 Å². The number of rotatable bonds is 5. The lowest BCUT2D eigenvalue weighted by Gasteiger charge is -2.08. The van der Waals surface area contributed by atoms with Crippen LogP contribution in [0.1, 0.15) is 5.56 Å². The van der Waals surface area contributed by atoms with E-state index in [4.69, 9.17) is 9.47 Å². The minimum Gasteiger partial charge on any atom is -0.496 e. The number of hydrogen-bond donors (Lipinski definition) is 1. The molecule has 0 aromatic heterocycles. The average Bonchev–Trinajstić information content (AvgIpc) is 2.94. The van der Waals surface area contributed by atoms with Gasteiger partial charge in [-0.3, -0.25) is 10.1 Å². The first-order valence-electron chi connectivity index (χ1n) is 6.70. The molecule has 1 aliphatic heterocycles. The van der Waals surface area contributed by atoms with E-state index in [-0.39, 0.29) is 10.1 Å². The van der Waals surface area contributed by atoms with Crippen molar-refractivity contribution in [1.29, 1.82) is 0 Å². The van der Waals surface area contributed by atoms with E-state index in [1.807, 2.05) is 0 Å². The van der Waals surface area contributed by atoms with Gasteiger partial charge >= 0.3 is 5.97 Å². The number of methoxy groups -OCH3 is 3. The number of thioether (sulfide) groups is 1. The van der Waals surface area contributed by atoms with Gasteiger partial charge in [0.1, 0.15) is 11.5 Å². The van der Waals surface area contributed by atoms with Crippen LogP contribution in [0.2, 0.25) is 0 Å². The van der Waals surface area contributed by atoms with Crippen LogP contribution in [0.25, 0.3) is 0 Å². The van der Waals surface area contributed by atoms with Crippen LogP contribution in [0, 0.1) is 0 Å². The standard InChI is InChI=1S/C15H15N3O5S/c1-21-10-5-4-6-11(22-2)9(10)8-16-18-15-17-14(20)12(24-15)7-13(19)23-3/h4-8H,1-3H3,(H,17,18,20)/b12-7+,16-8?. The minimum atomic E-state index is -0.615. The molecule has 8 nitrogen and oxygen atoms in total. The second-order valence-electron chi connectivity index (χ2n) is 4.31. The Morgan fingerprint density at radius 1 is 1.21 bits per heavy atom. The van der Waals surface area contributed by atoms with E-state index in [1.54, 1.807) is 18.2 Å². The molecule has 1 fully saturated rings. The number of ether oxygens (including phenoxy) is 3. The molecule has 9 heteroatoms. The Kier molecular flexibility index (Phi) is 5.96. The number of hydrogen-bond acceptors (Lipinski definition) is 8. The van der Waals surface area contributed by atoms with Gasteiger partial charge in [0.05, 0.1) is 38.0 Å². The minimum absolute atomic E-state index is 0.186. The molecular weight excluding hydrogens is 334 g/mol. The fourth-order valence-corrected chi connectivity index (χ4v) is 2.53. The van der Waals surface area contributed by atoms with Crippen LogP contribution >= 0.6 is 11.8 Å². The molecule has 0 atom stereocenters. The van der Waals surface area contributed by atoms with Gasteiger partial charge in [0.15, 0.2) is 5.17 Å². The molecule has 2 rings (SSSR count). The molecule has 24 heavy (non-hydrogen) atoms. The molecule has 1 heterocycles. The van der Waals surface area contributed by atoms with Gasteiger partial charge in [-0.05, 0) is 23.9 Å². The SMILES string of the molecule is COC(=O)/C=C1/S/C(=N\N=Cc2c(OC)cccc2OC)NC1=O. The van der Waals surface area contributed by atoms with E-state index in [0.29, 0.717) is 17.1 Å². The number of benzene rings is 1. The molecule has 0 aliphatic carbocycles. The third-order valence-electron chi connectivity index (χ3n) is 2.90. The molecule has 1 N–H and O–H groups in total. The summed E-state index contributed by atoms with van der Waals surface area (Å²) in [6.07, 6.45) is 2.55. The first-order valence-corrected chi connectivity index (χ1v) is 7.51. The molecule has 126 valence electrons. The van der Waals surface area contributed by atoms with Gasteiger partial charge in [0, 0.05) is 6.08 Å². The Morgan fingerprint density at radius 2 is 1.88 bits per heavy atom. The van der Waals surface area contributed by atoms with Crippen LogP contribution in [-0.4, -0.2) is 44.6 Å². The average molecular weight is 349 g/mol. The van der Waals surface area contributed by atoms with Crippen molar-refractivity contribution in [2.45, 2.75) is 0 Å². The van der Waals surface area contributed by atoms with Crippen molar-refractivity contribution >= 4 is 35.0 Å². The Morgan fingerprint density at radius 3 is 2.46 bits per heavy atom. The highest BCUT2D eigenvalue weighted by Crippen LogP contribution is 2.27. The lowest BCUT2D eigenvalue weighted by Crippen LogP contribution is -2.19. The summed E-state index contributed by atoms with van der Waals surface area (Å²) in [7, 11) is 4.31. The Hall–Kier alpha value is -2.81. The zero-order valence-electron chi connectivity index (χ0n) is 13.2. The summed E-state index contributed by atoms with van der Waals surface area (Å²) < 4.78 is 15.0. The molecule has 1 aliphatic rings. The highest BCUT2D eigenvalue weighted by molar-refractivity contribution is 8.18. The summed E-state index contributed by atoms with van der Waals surface area (Å²) in [4.78, 5) is 23.0. The van der Waals surface area contributed by atoms with E-state index < -0.39 is 11.9 Å². The maximum atomic E-state index is 11.7. The lowest BCUT2D eigenvalue weighted by atomic mass is 10.2. The lowest BCUT2D eigenvalue weighted by molar-refractivity contribution is -0.135.